The van der Waals surface area contributed by atoms with Gasteiger partial charge >= 0.3 is 0 Å². The highest BCUT2D eigenvalue weighted by Crippen LogP contribution is 2.25. The van der Waals surface area contributed by atoms with Gasteiger partial charge in [0.2, 0.25) is 0 Å². The third kappa shape index (κ3) is 3.81. The molecule has 1 nitrogen and oxygen atoms in total. The third-order valence-corrected chi connectivity index (χ3v) is 3.46. The van der Waals surface area contributed by atoms with Crippen LogP contribution in [0.1, 0.15) is 33.1 Å². The van der Waals surface area contributed by atoms with Crippen molar-refractivity contribution in [1.82, 2.24) is 5.32 Å². The summed E-state index contributed by atoms with van der Waals surface area (Å²) in [4.78, 5) is 0. The lowest BCUT2D eigenvalue weighted by Gasteiger charge is -2.33. The van der Waals surface area contributed by atoms with Crippen LogP contribution in [0.5, 0.6) is 0 Å². The molecule has 0 radical (unpaired) electrons. The van der Waals surface area contributed by atoms with Gasteiger partial charge in [0.1, 0.15) is 0 Å². The maximum absolute atomic E-state index is 3.60. The van der Waals surface area contributed by atoms with Crippen LogP contribution in [0.2, 0.25) is 0 Å². The van der Waals surface area contributed by atoms with E-state index in [0.717, 1.165) is 12.0 Å². The molecule has 12 heavy (non-hydrogen) atoms. The largest absolute Gasteiger partial charge is 0.314 e. The smallest absolute Gasteiger partial charge is 0.00721 e. The van der Waals surface area contributed by atoms with Crippen LogP contribution in [0.25, 0.3) is 0 Å². The Bertz CT molecular complexity index is 110. The number of nitrogens with one attached hydrogen (secondary N) is 1. The monoisotopic (exact) mass is 187 g/mol. The van der Waals surface area contributed by atoms with Gasteiger partial charge in [-0.3, -0.25) is 0 Å². The molecule has 1 aliphatic carbocycles. The molecule has 1 N–H and O–H groups in total. The van der Waals surface area contributed by atoms with E-state index in [9.17, 15) is 0 Å². The Morgan fingerprint density at radius 1 is 1.42 bits per heavy atom. The topological polar surface area (TPSA) is 12.0 Å². The van der Waals surface area contributed by atoms with E-state index < -0.39 is 0 Å². The zero-order valence-corrected chi connectivity index (χ0v) is 9.12. The molecule has 0 aromatic heterocycles. The van der Waals surface area contributed by atoms with E-state index in [-0.39, 0.29) is 0 Å². The summed E-state index contributed by atoms with van der Waals surface area (Å²) in [5.74, 6) is 3.57. The van der Waals surface area contributed by atoms with E-state index in [4.69, 9.17) is 0 Å². The highest BCUT2D eigenvalue weighted by Gasteiger charge is 2.23. The van der Waals surface area contributed by atoms with Gasteiger partial charge in [-0.2, -0.15) is 11.8 Å². The summed E-state index contributed by atoms with van der Waals surface area (Å²) < 4.78 is 0. The molecule has 0 bridgehead atoms. The molecule has 0 heterocycles. The maximum atomic E-state index is 3.60. The molecule has 0 aromatic carbocycles. The molecular weight excluding hydrogens is 166 g/mol. The number of rotatable bonds is 6. The average molecular weight is 187 g/mol. The maximum Gasteiger partial charge on any atom is 0.00721 e. The Hall–Kier alpha value is 0.310. The summed E-state index contributed by atoms with van der Waals surface area (Å²) >= 11 is 2.05. The lowest BCUT2D eigenvalue weighted by molar-refractivity contribution is 0.242. The SMILES string of the molecule is CCSCCCNC1CC(C)C1. The summed E-state index contributed by atoms with van der Waals surface area (Å²) in [6, 6.07) is 0.853. The predicted molar refractivity (Wildman–Crippen MR) is 57.8 cm³/mol. The minimum absolute atomic E-state index is 0.853. The van der Waals surface area contributed by atoms with Gasteiger partial charge in [0, 0.05) is 6.04 Å². The molecule has 1 aliphatic rings. The van der Waals surface area contributed by atoms with Gasteiger partial charge in [0.15, 0.2) is 0 Å². The fourth-order valence-electron chi connectivity index (χ4n) is 1.69. The van der Waals surface area contributed by atoms with E-state index in [1.165, 1.54) is 37.3 Å². The van der Waals surface area contributed by atoms with Crippen molar-refractivity contribution in [3.05, 3.63) is 0 Å². The normalized spacial score (nSPS) is 28.5. The minimum Gasteiger partial charge on any atom is -0.314 e. The Kier molecular flexibility index (Phi) is 5.08. The summed E-state index contributed by atoms with van der Waals surface area (Å²) in [5, 5.41) is 3.60. The number of hydrogen-bond donors (Lipinski definition) is 1. The first kappa shape index (κ1) is 10.4. The van der Waals surface area contributed by atoms with Gasteiger partial charge in [-0.25, -0.2) is 0 Å². The van der Waals surface area contributed by atoms with Crippen molar-refractivity contribution in [3.8, 4) is 0 Å². The van der Waals surface area contributed by atoms with Crippen molar-refractivity contribution >= 4 is 11.8 Å². The van der Waals surface area contributed by atoms with E-state index in [1.807, 2.05) is 11.8 Å². The fraction of sp³-hybridized carbons (Fsp3) is 1.00. The molecule has 0 saturated heterocycles. The second kappa shape index (κ2) is 5.87. The zero-order chi connectivity index (χ0) is 8.81. The van der Waals surface area contributed by atoms with Crippen LogP contribution in [0.15, 0.2) is 0 Å². The molecular formula is C10H21NS. The molecule has 1 fully saturated rings. The van der Waals surface area contributed by atoms with E-state index in [0.29, 0.717) is 0 Å². The molecule has 0 aromatic rings. The first-order valence-corrected chi connectivity index (χ1v) is 6.29. The highest BCUT2D eigenvalue weighted by atomic mass is 32.2. The lowest BCUT2D eigenvalue weighted by atomic mass is 9.82. The van der Waals surface area contributed by atoms with E-state index in [1.54, 1.807) is 0 Å². The fourth-order valence-corrected chi connectivity index (χ4v) is 2.33. The van der Waals surface area contributed by atoms with Crippen molar-refractivity contribution in [1.29, 1.82) is 0 Å². The molecule has 0 spiro atoms. The minimum atomic E-state index is 0.853. The second-order valence-electron chi connectivity index (χ2n) is 3.78. The first-order valence-electron chi connectivity index (χ1n) is 5.14. The van der Waals surface area contributed by atoms with Crippen molar-refractivity contribution in [2.75, 3.05) is 18.1 Å². The molecule has 0 atom stereocenters. The highest BCUT2D eigenvalue weighted by molar-refractivity contribution is 7.99. The van der Waals surface area contributed by atoms with Gasteiger partial charge in [0.05, 0.1) is 0 Å². The van der Waals surface area contributed by atoms with E-state index in [2.05, 4.69) is 19.2 Å². The van der Waals surface area contributed by atoms with Crippen molar-refractivity contribution in [2.45, 2.75) is 39.2 Å². The van der Waals surface area contributed by atoms with Crippen LogP contribution < -0.4 is 5.32 Å². The number of hydrogen-bond acceptors (Lipinski definition) is 2. The Labute approximate surface area is 80.7 Å². The summed E-state index contributed by atoms with van der Waals surface area (Å²) in [5.41, 5.74) is 0. The molecule has 0 amide bonds. The third-order valence-electron chi connectivity index (χ3n) is 2.48. The average Bonchev–Trinajstić information content (AvgIpc) is 2.00. The molecule has 72 valence electrons. The van der Waals surface area contributed by atoms with Crippen molar-refractivity contribution < 1.29 is 0 Å². The van der Waals surface area contributed by atoms with E-state index >= 15 is 0 Å². The molecule has 2 heteroatoms. The Morgan fingerprint density at radius 2 is 2.17 bits per heavy atom. The zero-order valence-electron chi connectivity index (χ0n) is 8.31. The lowest BCUT2D eigenvalue weighted by Crippen LogP contribution is -2.40. The summed E-state index contributed by atoms with van der Waals surface area (Å²) in [6.45, 7) is 5.79. The van der Waals surface area contributed by atoms with Gasteiger partial charge in [-0.05, 0) is 43.2 Å². The van der Waals surface area contributed by atoms with Crippen molar-refractivity contribution in [3.63, 3.8) is 0 Å². The first-order chi connectivity index (χ1) is 5.83. The van der Waals surface area contributed by atoms with Crippen LogP contribution in [-0.2, 0) is 0 Å². The molecule has 0 aliphatic heterocycles. The second-order valence-corrected chi connectivity index (χ2v) is 5.17. The summed E-state index contributed by atoms with van der Waals surface area (Å²) in [6.07, 6.45) is 4.14. The Morgan fingerprint density at radius 3 is 2.75 bits per heavy atom. The predicted octanol–water partition coefficient (Wildman–Crippen LogP) is 2.52. The quantitative estimate of drug-likeness (QED) is 0.641. The molecule has 0 unspecified atom stereocenters. The summed E-state index contributed by atoms with van der Waals surface area (Å²) in [7, 11) is 0. The molecule has 1 rings (SSSR count). The van der Waals surface area contributed by atoms with Gasteiger partial charge in [0.25, 0.3) is 0 Å². The molecule has 1 saturated carbocycles. The van der Waals surface area contributed by atoms with Crippen LogP contribution in [-0.4, -0.2) is 24.1 Å². The van der Waals surface area contributed by atoms with Crippen LogP contribution in [0, 0.1) is 5.92 Å². The Balaban J connectivity index is 1.77. The van der Waals surface area contributed by atoms with Gasteiger partial charge < -0.3 is 5.32 Å². The van der Waals surface area contributed by atoms with Gasteiger partial charge in [-0.15, -0.1) is 0 Å². The van der Waals surface area contributed by atoms with Crippen LogP contribution >= 0.6 is 11.8 Å². The standard InChI is InChI=1S/C10H21NS/c1-3-12-6-4-5-11-10-7-9(2)8-10/h9-11H,3-8H2,1-2H3. The van der Waals surface area contributed by atoms with Crippen LogP contribution in [0.3, 0.4) is 0 Å². The van der Waals surface area contributed by atoms with Crippen molar-refractivity contribution in [2.24, 2.45) is 5.92 Å². The number of thioether (sulfide) groups is 1. The van der Waals surface area contributed by atoms with Gasteiger partial charge in [-0.1, -0.05) is 13.8 Å². The van der Waals surface area contributed by atoms with Crippen LogP contribution in [0.4, 0.5) is 0 Å².